The van der Waals surface area contributed by atoms with E-state index in [1.54, 1.807) is 23.2 Å². The Labute approximate surface area is 151 Å². The minimum absolute atomic E-state index is 0.135. The lowest BCUT2D eigenvalue weighted by Gasteiger charge is -2.08. The molecule has 0 aliphatic heterocycles. The van der Waals surface area contributed by atoms with Gasteiger partial charge in [-0.05, 0) is 24.8 Å². The fraction of sp³-hybridized carbons (Fsp3) is 0.429. The number of carbonyl (C=O) groups excluding carboxylic acids is 1. The number of rotatable bonds is 8. The van der Waals surface area contributed by atoms with Crippen molar-refractivity contribution < 1.29 is 4.79 Å². The molecule has 122 valence electrons. The number of anilines is 1. The summed E-state index contributed by atoms with van der Waals surface area (Å²) < 4.78 is 1.73. The number of amides is 1. The Morgan fingerprint density at radius 2 is 2.26 bits per heavy atom. The van der Waals surface area contributed by atoms with Gasteiger partial charge in [-0.15, -0.1) is 21.5 Å². The van der Waals surface area contributed by atoms with Crippen LogP contribution in [0.1, 0.15) is 32.3 Å². The molecule has 0 saturated carbocycles. The molecule has 0 unspecified atom stereocenters. The summed E-state index contributed by atoms with van der Waals surface area (Å²) in [5, 5.41) is 22.1. The maximum absolute atomic E-state index is 12.2. The van der Waals surface area contributed by atoms with Gasteiger partial charge in [0.1, 0.15) is 11.1 Å². The first-order valence-corrected chi connectivity index (χ1v) is 10.6. The fourth-order valence-corrected chi connectivity index (χ4v) is 5.58. The van der Waals surface area contributed by atoms with Crippen LogP contribution in [0.15, 0.2) is 20.1 Å². The zero-order valence-corrected chi connectivity index (χ0v) is 16.0. The summed E-state index contributed by atoms with van der Waals surface area (Å²) in [5.74, 6) is 0.908. The predicted octanol–water partition coefficient (Wildman–Crippen LogP) is 4.48. The molecule has 1 atom stereocenters. The Hall–Kier alpha value is -1.08. The third-order valence-electron chi connectivity index (χ3n) is 2.78. The number of hydrogen-bond donors (Lipinski definition) is 1. The van der Waals surface area contributed by atoms with Gasteiger partial charge in [0.25, 0.3) is 0 Å². The van der Waals surface area contributed by atoms with Crippen LogP contribution >= 0.6 is 46.2 Å². The third-order valence-corrected chi connectivity index (χ3v) is 6.94. The van der Waals surface area contributed by atoms with Gasteiger partial charge in [-0.25, -0.2) is 0 Å². The number of thioether (sulfide) groups is 2. The van der Waals surface area contributed by atoms with Crippen LogP contribution in [0, 0.1) is 11.3 Å². The summed E-state index contributed by atoms with van der Waals surface area (Å²) in [6.45, 7) is 3.98. The van der Waals surface area contributed by atoms with E-state index in [-0.39, 0.29) is 11.2 Å². The van der Waals surface area contributed by atoms with E-state index in [4.69, 9.17) is 5.26 Å². The van der Waals surface area contributed by atoms with E-state index in [0.29, 0.717) is 10.6 Å². The van der Waals surface area contributed by atoms with E-state index in [1.807, 2.05) is 6.92 Å². The van der Waals surface area contributed by atoms with Crippen molar-refractivity contribution in [1.82, 2.24) is 10.2 Å². The largest absolute Gasteiger partial charge is 0.316 e. The van der Waals surface area contributed by atoms with Crippen LogP contribution in [0.5, 0.6) is 0 Å². The monoisotopic (exact) mass is 384 g/mol. The molecule has 0 spiro atoms. The maximum atomic E-state index is 12.2. The van der Waals surface area contributed by atoms with Gasteiger partial charge in [0.15, 0.2) is 8.68 Å². The summed E-state index contributed by atoms with van der Waals surface area (Å²) in [6.07, 6.45) is 2.32. The molecular weight excluding hydrogens is 368 g/mol. The number of hydrogen-bond acceptors (Lipinski definition) is 8. The first-order chi connectivity index (χ1) is 11.1. The second-order valence-corrected chi connectivity index (χ2v) is 9.38. The quantitative estimate of drug-likeness (QED) is 0.534. The average Bonchev–Trinajstić information content (AvgIpc) is 3.16. The maximum Gasteiger partial charge on any atom is 0.238 e. The molecule has 2 aromatic heterocycles. The third kappa shape index (κ3) is 5.49. The highest BCUT2D eigenvalue weighted by Gasteiger charge is 2.19. The number of nitriles is 1. The highest BCUT2D eigenvalue weighted by molar-refractivity contribution is 8.03. The van der Waals surface area contributed by atoms with Gasteiger partial charge in [0.2, 0.25) is 5.91 Å². The molecule has 0 aromatic carbocycles. The molecule has 2 heterocycles. The summed E-state index contributed by atoms with van der Waals surface area (Å²) in [5.41, 5.74) is 0.492. The topological polar surface area (TPSA) is 78.7 Å². The smallest absolute Gasteiger partial charge is 0.238 e. The molecule has 1 amide bonds. The molecule has 9 heteroatoms. The Balaban J connectivity index is 1.87. The van der Waals surface area contributed by atoms with Gasteiger partial charge in [0.05, 0.1) is 10.8 Å². The lowest BCUT2D eigenvalue weighted by molar-refractivity contribution is -0.115. The van der Waals surface area contributed by atoms with E-state index in [0.717, 1.165) is 27.3 Å². The standard InChI is InChI=1S/C14H16N4OS4/c1-3-4-6-21-13-17-18-14(23-13)22-9(2)11(19)16-12-10(8-15)5-7-20-12/h5,7,9H,3-4,6H2,1-2H3,(H,16,19)/t9-/m0/s1. The van der Waals surface area contributed by atoms with Crippen molar-refractivity contribution >= 4 is 57.1 Å². The fourth-order valence-electron chi connectivity index (χ4n) is 1.52. The summed E-state index contributed by atoms with van der Waals surface area (Å²) >= 11 is 5.96. The van der Waals surface area contributed by atoms with Crippen LogP contribution in [0.3, 0.4) is 0 Å². The van der Waals surface area contributed by atoms with E-state index in [1.165, 1.54) is 34.4 Å². The van der Waals surface area contributed by atoms with Crippen LogP contribution in [-0.2, 0) is 4.79 Å². The summed E-state index contributed by atoms with van der Waals surface area (Å²) in [7, 11) is 0. The molecule has 0 aliphatic rings. The number of unbranched alkanes of at least 4 members (excludes halogenated alkanes) is 1. The number of thiophene rings is 1. The Kier molecular flexibility index (Phi) is 7.36. The molecule has 0 fully saturated rings. The SMILES string of the molecule is CCCCSc1nnc(S[C@@H](C)C(=O)Nc2sccc2C#N)s1. The van der Waals surface area contributed by atoms with Gasteiger partial charge in [0, 0.05) is 5.75 Å². The number of carbonyl (C=O) groups is 1. The molecule has 0 aliphatic carbocycles. The van der Waals surface area contributed by atoms with Gasteiger partial charge < -0.3 is 5.32 Å². The van der Waals surface area contributed by atoms with Gasteiger partial charge in [-0.1, -0.05) is 48.2 Å². The number of aromatic nitrogens is 2. The molecular formula is C14H16N4OS4. The molecule has 0 saturated heterocycles. The summed E-state index contributed by atoms with van der Waals surface area (Å²) in [6, 6.07) is 3.76. The molecule has 5 nitrogen and oxygen atoms in total. The van der Waals surface area contributed by atoms with E-state index < -0.39 is 0 Å². The molecule has 2 aromatic rings. The number of nitrogens with zero attached hydrogens (tertiary/aromatic N) is 3. The Morgan fingerprint density at radius 1 is 1.48 bits per heavy atom. The Bertz CT molecular complexity index is 691. The number of nitrogens with one attached hydrogen (secondary N) is 1. The van der Waals surface area contributed by atoms with Crippen LogP contribution < -0.4 is 5.32 Å². The van der Waals surface area contributed by atoms with Crippen molar-refractivity contribution in [2.75, 3.05) is 11.1 Å². The van der Waals surface area contributed by atoms with Crippen molar-refractivity contribution in [3.63, 3.8) is 0 Å². The highest BCUT2D eigenvalue weighted by atomic mass is 32.2. The van der Waals surface area contributed by atoms with Crippen LogP contribution in [0.25, 0.3) is 0 Å². The van der Waals surface area contributed by atoms with Gasteiger partial charge in [-0.3, -0.25) is 4.79 Å². The second kappa shape index (κ2) is 9.27. The van der Waals surface area contributed by atoms with Gasteiger partial charge >= 0.3 is 0 Å². The van der Waals surface area contributed by atoms with Crippen molar-refractivity contribution in [2.24, 2.45) is 0 Å². The van der Waals surface area contributed by atoms with Crippen molar-refractivity contribution in [3.05, 3.63) is 17.0 Å². The first-order valence-electron chi connectivity index (χ1n) is 7.05. The van der Waals surface area contributed by atoms with Crippen LogP contribution in [0.4, 0.5) is 5.00 Å². The normalized spacial score (nSPS) is 11.9. The van der Waals surface area contributed by atoms with E-state index in [2.05, 4.69) is 28.5 Å². The zero-order chi connectivity index (χ0) is 16.7. The molecule has 0 radical (unpaired) electrons. The zero-order valence-electron chi connectivity index (χ0n) is 12.7. The molecule has 2 rings (SSSR count). The van der Waals surface area contributed by atoms with E-state index in [9.17, 15) is 4.79 Å². The lowest BCUT2D eigenvalue weighted by atomic mass is 10.3. The predicted molar refractivity (Wildman–Crippen MR) is 98.5 cm³/mol. The molecule has 23 heavy (non-hydrogen) atoms. The second-order valence-electron chi connectivity index (χ2n) is 4.56. The van der Waals surface area contributed by atoms with Crippen LogP contribution in [0.2, 0.25) is 0 Å². The average molecular weight is 385 g/mol. The van der Waals surface area contributed by atoms with Crippen molar-refractivity contribution in [3.8, 4) is 6.07 Å². The van der Waals surface area contributed by atoms with Crippen LogP contribution in [-0.4, -0.2) is 27.1 Å². The lowest BCUT2D eigenvalue weighted by Crippen LogP contribution is -2.22. The molecule has 0 bridgehead atoms. The first kappa shape index (κ1) is 18.3. The summed E-state index contributed by atoms with van der Waals surface area (Å²) in [4.78, 5) is 12.2. The Morgan fingerprint density at radius 3 is 3.00 bits per heavy atom. The van der Waals surface area contributed by atoms with Crippen molar-refractivity contribution in [2.45, 2.75) is 40.6 Å². The van der Waals surface area contributed by atoms with E-state index >= 15 is 0 Å². The minimum Gasteiger partial charge on any atom is -0.316 e. The van der Waals surface area contributed by atoms with Gasteiger partial charge in [-0.2, -0.15) is 5.26 Å². The van der Waals surface area contributed by atoms with Crippen molar-refractivity contribution in [1.29, 1.82) is 5.26 Å². The minimum atomic E-state index is -0.301. The highest BCUT2D eigenvalue weighted by Crippen LogP contribution is 2.32. The molecule has 1 N–H and O–H groups in total.